The molecule has 0 spiro atoms. The van der Waals surface area contributed by atoms with Crippen molar-refractivity contribution in [2.24, 2.45) is 5.92 Å². The summed E-state index contributed by atoms with van der Waals surface area (Å²) in [6.45, 7) is 8.06. The molecule has 0 radical (unpaired) electrons. The Morgan fingerprint density at radius 3 is 1.75 bits per heavy atom. The summed E-state index contributed by atoms with van der Waals surface area (Å²) in [6.07, 6.45) is 22.8. The smallest absolute Gasteiger partial charge is 0.119 e. The highest BCUT2D eigenvalue weighted by Crippen LogP contribution is 2.17. The van der Waals surface area contributed by atoms with E-state index < -0.39 is 0 Å². The van der Waals surface area contributed by atoms with Crippen molar-refractivity contribution in [3.8, 4) is 0 Å². The minimum absolute atomic E-state index is 0.274. The number of unbranched alkanes of at least 4 members (excludes halogenated alkanes) is 12. The molecule has 0 heterocycles. The quantitative estimate of drug-likeness (QED) is 0.153. The predicted octanol–water partition coefficient (Wildman–Crippen LogP) is 6.77. The summed E-state index contributed by atoms with van der Waals surface area (Å²) in [5, 5.41) is 9.27. The van der Waals surface area contributed by atoms with E-state index in [9.17, 15) is 9.90 Å². The van der Waals surface area contributed by atoms with Crippen molar-refractivity contribution < 1.29 is 9.90 Å². The van der Waals surface area contributed by atoms with Gasteiger partial charge in [-0.2, -0.15) is 0 Å². The van der Waals surface area contributed by atoms with Crippen molar-refractivity contribution in [3.63, 3.8) is 0 Å². The first-order valence-corrected chi connectivity index (χ1v) is 12.5. The summed E-state index contributed by atoms with van der Waals surface area (Å²) >= 11 is 0. The molecule has 0 saturated carbocycles. The van der Waals surface area contributed by atoms with Gasteiger partial charge in [0.15, 0.2) is 0 Å². The molecule has 168 valence electrons. The summed E-state index contributed by atoms with van der Waals surface area (Å²) in [7, 11) is 0. The Morgan fingerprint density at radius 1 is 0.714 bits per heavy atom. The monoisotopic (exact) mass is 397 g/mol. The largest absolute Gasteiger partial charge is 0.395 e. The van der Waals surface area contributed by atoms with E-state index in [1.807, 2.05) is 0 Å². The van der Waals surface area contributed by atoms with Crippen molar-refractivity contribution in [2.45, 2.75) is 123 Å². The van der Waals surface area contributed by atoms with Crippen LogP contribution in [0, 0.1) is 5.92 Å². The number of aliphatic hydroxyl groups excluding tert-OH is 1. The SMILES string of the molecule is CCCCCC(C)CCCCCCCCN(CCO)CCCCCCCC=O. The Morgan fingerprint density at radius 2 is 1.21 bits per heavy atom. The van der Waals surface area contributed by atoms with Crippen molar-refractivity contribution in [3.05, 3.63) is 0 Å². The number of hydrogen-bond donors (Lipinski definition) is 1. The molecule has 0 aliphatic heterocycles. The van der Waals surface area contributed by atoms with Crippen LogP contribution in [0.25, 0.3) is 0 Å². The van der Waals surface area contributed by atoms with Gasteiger partial charge in [0.1, 0.15) is 6.29 Å². The Hall–Kier alpha value is -0.410. The minimum atomic E-state index is 0.274. The lowest BCUT2D eigenvalue weighted by Crippen LogP contribution is -2.29. The Bertz CT molecular complexity index is 309. The third-order valence-corrected chi connectivity index (χ3v) is 5.93. The first-order valence-electron chi connectivity index (χ1n) is 12.5. The minimum Gasteiger partial charge on any atom is -0.395 e. The van der Waals surface area contributed by atoms with E-state index in [-0.39, 0.29) is 6.61 Å². The highest BCUT2D eigenvalue weighted by atomic mass is 16.3. The van der Waals surface area contributed by atoms with Crippen LogP contribution < -0.4 is 0 Å². The Kier molecular flexibility index (Phi) is 22.5. The number of hydrogen-bond acceptors (Lipinski definition) is 3. The zero-order chi connectivity index (χ0) is 20.7. The highest BCUT2D eigenvalue weighted by Gasteiger charge is 2.04. The van der Waals surface area contributed by atoms with Gasteiger partial charge in [-0.1, -0.05) is 97.3 Å². The first-order chi connectivity index (χ1) is 13.7. The van der Waals surface area contributed by atoms with Crippen molar-refractivity contribution in [1.82, 2.24) is 4.90 Å². The van der Waals surface area contributed by atoms with Gasteiger partial charge in [-0.15, -0.1) is 0 Å². The van der Waals surface area contributed by atoms with Crippen LogP contribution >= 0.6 is 0 Å². The summed E-state index contributed by atoms with van der Waals surface area (Å²) in [4.78, 5) is 12.7. The van der Waals surface area contributed by atoms with E-state index in [0.717, 1.165) is 38.3 Å². The molecule has 3 nitrogen and oxygen atoms in total. The van der Waals surface area contributed by atoms with E-state index >= 15 is 0 Å². The molecule has 1 unspecified atom stereocenters. The summed E-state index contributed by atoms with van der Waals surface area (Å²) < 4.78 is 0. The summed E-state index contributed by atoms with van der Waals surface area (Å²) in [5.41, 5.74) is 0. The van der Waals surface area contributed by atoms with Gasteiger partial charge in [0, 0.05) is 13.0 Å². The molecule has 1 N–H and O–H groups in total. The fourth-order valence-corrected chi connectivity index (χ4v) is 3.99. The van der Waals surface area contributed by atoms with Gasteiger partial charge < -0.3 is 14.8 Å². The van der Waals surface area contributed by atoms with Gasteiger partial charge >= 0.3 is 0 Å². The zero-order valence-electron chi connectivity index (χ0n) is 19.3. The van der Waals surface area contributed by atoms with Gasteiger partial charge in [0.2, 0.25) is 0 Å². The molecule has 0 aliphatic carbocycles. The molecule has 0 aliphatic rings. The predicted molar refractivity (Wildman–Crippen MR) is 123 cm³/mol. The Labute approximate surface area is 176 Å². The summed E-state index contributed by atoms with van der Waals surface area (Å²) in [5.74, 6) is 0.920. The molecule has 0 saturated heterocycles. The average molecular weight is 398 g/mol. The first kappa shape index (κ1) is 27.6. The van der Waals surface area contributed by atoms with Crippen LogP contribution in [0.2, 0.25) is 0 Å². The fourth-order valence-electron chi connectivity index (χ4n) is 3.99. The Balaban J connectivity index is 3.49. The summed E-state index contributed by atoms with van der Waals surface area (Å²) in [6, 6.07) is 0. The molecule has 0 aromatic rings. The van der Waals surface area contributed by atoms with Crippen LogP contribution in [0.1, 0.15) is 123 Å². The highest BCUT2D eigenvalue weighted by molar-refractivity contribution is 5.48. The topological polar surface area (TPSA) is 40.5 Å². The molecule has 0 amide bonds. The van der Waals surface area contributed by atoms with Crippen molar-refractivity contribution in [2.75, 3.05) is 26.2 Å². The molecule has 0 bridgehead atoms. The lowest BCUT2D eigenvalue weighted by atomic mass is 9.96. The van der Waals surface area contributed by atoms with E-state index in [4.69, 9.17) is 0 Å². The van der Waals surface area contributed by atoms with E-state index in [0.29, 0.717) is 6.42 Å². The molecule has 0 rings (SSSR count). The van der Waals surface area contributed by atoms with Crippen LogP contribution in [-0.2, 0) is 4.79 Å². The van der Waals surface area contributed by atoms with Gasteiger partial charge in [0.25, 0.3) is 0 Å². The molecule has 3 heteroatoms. The standard InChI is InChI=1S/C25H51NO2/c1-3-4-13-18-25(2)19-14-9-5-6-10-15-20-26(22-24-28)21-16-11-7-8-12-17-23-27/h23,25,28H,3-22,24H2,1-2H3. The van der Waals surface area contributed by atoms with Crippen LogP contribution in [0.4, 0.5) is 0 Å². The van der Waals surface area contributed by atoms with Gasteiger partial charge in [-0.25, -0.2) is 0 Å². The number of carbonyl (C=O) groups excluding carboxylic acids is 1. The van der Waals surface area contributed by atoms with Crippen molar-refractivity contribution in [1.29, 1.82) is 0 Å². The molecule has 1 atom stereocenters. The fraction of sp³-hybridized carbons (Fsp3) is 0.960. The second kappa shape index (κ2) is 22.9. The van der Waals surface area contributed by atoms with E-state index in [1.165, 1.54) is 96.3 Å². The average Bonchev–Trinajstić information content (AvgIpc) is 2.69. The molecular formula is C25H51NO2. The molecule has 0 fully saturated rings. The third kappa shape index (κ3) is 20.3. The lowest BCUT2D eigenvalue weighted by Gasteiger charge is -2.21. The third-order valence-electron chi connectivity index (χ3n) is 5.93. The molecule has 0 aromatic carbocycles. The van der Waals surface area contributed by atoms with Crippen LogP contribution in [0.3, 0.4) is 0 Å². The van der Waals surface area contributed by atoms with Gasteiger partial charge in [-0.05, 0) is 38.3 Å². The van der Waals surface area contributed by atoms with Gasteiger partial charge in [-0.3, -0.25) is 0 Å². The number of rotatable bonds is 23. The van der Waals surface area contributed by atoms with Crippen LogP contribution in [0.5, 0.6) is 0 Å². The van der Waals surface area contributed by atoms with Gasteiger partial charge in [0.05, 0.1) is 6.61 Å². The zero-order valence-corrected chi connectivity index (χ0v) is 19.3. The molecule has 28 heavy (non-hydrogen) atoms. The number of aliphatic hydroxyl groups is 1. The molecular weight excluding hydrogens is 346 g/mol. The maximum Gasteiger partial charge on any atom is 0.119 e. The van der Waals surface area contributed by atoms with Crippen molar-refractivity contribution >= 4 is 6.29 Å². The maximum atomic E-state index is 10.3. The second-order valence-electron chi connectivity index (χ2n) is 8.80. The molecule has 0 aromatic heterocycles. The van der Waals surface area contributed by atoms with E-state index in [2.05, 4.69) is 18.7 Å². The van der Waals surface area contributed by atoms with Crippen LogP contribution in [-0.4, -0.2) is 42.5 Å². The maximum absolute atomic E-state index is 10.3. The van der Waals surface area contributed by atoms with Crippen LogP contribution in [0.15, 0.2) is 0 Å². The number of nitrogens with zero attached hydrogens (tertiary/aromatic N) is 1. The number of aldehydes is 1. The normalized spacial score (nSPS) is 12.6. The number of carbonyl (C=O) groups is 1. The lowest BCUT2D eigenvalue weighted by molar-refractivity contribution is -0.107. The van der Waals surface area contributed by atoms with E-state index in [1.54, 1.807) is 0 Å². The second-order valence-corrected chi connectivity index (χ2v) is 8.80.